The molecule has 2 atom stereocenters. The number of piperidine rings is 1. The first kappa shape index (κ1) is 16.8. The number of carbonyl (C=O) groups is 1. The largest absolute Gasteiger partial charge is 0.495 e. The number of carbonyl (C=O) groups excluding carboxylic acids is 1. The molecule has 2 unspecified atom stereocenters. The Balaban J connectivity index is 2.08. The van der Waals surface area contributed by atoms with Crippen LogP contribution in [0.1, 0.15) is 26.2 Å². The van der Waals surface area contributed by atoms with Crippen molar-refractivity contribution >= 4 is 43.5 Å². The third-order valence-electron chi connectivity index (χ3n) is 3.91. The van der Waals surface area contributed by atoms with E-state index in [0.29, 0.717) is 11.7 Å². The van der Waals surface area contributed by atoms with Gasteiger partial charge in [0.25, 0.3) is 0 Å². The van der Waals surface area contributed by atoms with Crippen LogP contribution in [-0.4, -0.2) is 25.6 Å². The summed E-state index contributed by atoms with van der Waals surface area (Å²) in [6, 6.07) is 3.56. The van der Waals surface area contributed by atoms with E-state index in [0.717, 1.165) is 40.4 Å². The number of anilines is 1. The molecular weight excluding hydrogens is 400 g/mol. The Morgan fingerprint density at radius 3 is 2.86 bits per heavy atom. The zero-order valence-electron chi connectivity index (χ0n) is 12.2. The molecule has 1 fully saturated rings. The van der Waals surface area contributed by atoms with E-state index in [1.54, 1.807) is 7.11 Å². The third kappa shape index (κ3) is 4.20. The molecule has 21 heavy (non-hydrogen) atoms. The molecule has 1 aromatic carbocycles. The fourth-order valence-corrected chi connectivity index (χ4v) is 3.82. The van der Waals surface area contributed by atoms with Gasteiger partial charge in [0.2, 0.25) is 5.91 Å². The highest BCUT2D eigenvalue weighted by molar-refractivity contribution is 9.11. The molecular formula is C15H20Br2N2O2. The van der Waals surface area contributed by atoms with Crippen LogP contribution in [0.4, 0.5) is 5.69 Å². The fraction of sp³-hybridized carbons (Fsp3) is 0.533. The van der Waals surface area contributed by atoms with E-state index in [-0.39, 0.29) is 11.9 Å². The van der Waals surface area contributed by atoms with Gasteiger partial charge in [0, 0.05) is 10.5 Å². The van der Waals surface area contributed by atoms with Crippen LogP contribution >= 0.6 is 31.9 Å². The minimum atomic E-state index is -0.120. The summed E-state index contributed by atoms with van der Waals surface area (Å²) in [4.78, 5) is 12.4. The van der Waals surface area contributed by atoms with Crippen molar-refractivity contribution in [2.24, 2.45) is 5.92 Å². The highest BCUT2D eigenvalue weighted by Crippen LogP contribution is 2.34. The van der Waals surface area contributed by atoms with E-state index >= 15 is 0 Å². The highest BCUT2D eigenvalue weighted by Gasteiger charge is 2.26. The van der Waals surface area contributed by atoms with Gasteiger partial charge in [0.1, 0.15) is 5.75 Å². The zero-order chi connectivity index (χ0) is 15.4. The van der Waals surface area contributed by atoms with Crippen molar-refractivity contribution in [3.63, 3.8) is 0 Å². The van der Waals surface area contributed by atoms with E-state index in [1.165, 1.54) is 0 Å². The molecule has 116 valence electrons. The van der Waals surface area contributed by atoms with E-state index in [4.69, 9.17) is 4.74 Å². The standard InChI is InChI=1S/C15H20Br2N2O2/c1-3-9-4-5-18-13(6-9)15(20)19-12-8-14(21-2)11(17)7-10(12)16/h7-9,13,18H,3-6H2,1-2H3,(H,19,20). The van der Waals surface area contributed by atoms with Crippen molar-refractivity contribution in [1.29, 1.82) is 0 Å². The molecule has 0 bridgehead atoms. The predicted octanol–water partition coefficient (Wildman–Crippen LogP) is 3.94. The molecule has 1 aliphatic rings. The summed E-state index contributed by atoms with van der Waals surface area (Å²) in [7, 11) is 1.61. The van der Waals surface area contributed by atoms with Gasteiger partial charge in [-0.3, -0.25) is 4.79 Å². The number of nitrogens with one attached hydrogen (secondary N) is 2. The number of benzene rings is 1. The molecule has 0 saturated carbocycles. The minimum absolute atomic E-state index is 0.0122. The predicted molar refractivity (Wildman–Crippen MR) is 91.8 cm³/mol. The topological polar surface area (TPSA) is 50.4 Å². The maximum Gasteiger partial charge on any atom is 0.241 e. The van der Waals surface area contributed by atoms with E-state index < -0.39 is 0 Å². The summed E-state index contributed by atoms with van der Waals surface area (Å²) in [5.41, 5.74) is 0.723. The number of halogens is 2. The second kappa shape index (κ2) is 7.61. The summed E-state index contributed by atoms with van der Waals surface area (Å²) in [6.07, 6.45) is 3.17. The fourth-order valence-electron chi connectivity index (χ4n) is 2.57. The van der Waals surface area contributed by atoms with Crippen LogP contribution in [0, 0.1) is 5.92 Å². The van der Waals surface area contributed by atoms with Crippen LogP contribution in [0.3, 0.4) is 0 Å². The molecule has 1 heterocycles. The van der Waals surface area contributed by atoms with Crippen molar-refractivity contribution in [2.45, 2.75) is 32.2 Å². The van der Waals surface area contributed by atoms with Crippen molar-refractivity contribution < 1.29 is 9.53 Å². The molecule has 0 radical (unpaired) electrons. The maximum absolute atomic E-state index is 12.4. The van der Waals surface area contributed by atoms with Gasteiger partial charge in [-0.25, -0.2) is 0 Å². The monoisotopic (exact) mass is 418 g/mol. The second-order valence-corrected chi connectivity index (χ2v) is 6.97. The van der Waals surface area contributed by atoms with Gasteiger partial charge < -0.3 is 15.4 Å². The highest BCUT2D eigenvalue weighted by atomic mass is 79.9. The van der Waals surface area contributed by atoms with Crippen molar-refractivity contribution in [2.75, 3.05) is 19.0 Å². The van der Waals surface area contributed by atoms with Gasteiger partial charge in [-0.2, -0.15) is 0 Å². The molecule has 2 rings (SSSR count). The molecule has 0 aromatic heterocycles. The van der Waals surface area contributed by atoms with Gasteiger partial charge in [-0.05, 0) is 63.2 Å². The third-order valence-corrected chi connectivity index (χ3v) is 5.18. The lowest BCUT2D eigenvalue weighted by molar-refractivity contribution is -0.119. The Bertz CT molecular complexity index is 523. The SMILES string of the molecule is CCC1CCNC(C(=O)Nc2cc(OC)c(Br)cc2Br)C1. The summed E-state index contributed by atoms with van der Waals surface area (Å²) >= 11 is 6.89. The molecule has 4 nitrogen and oxygen atoms in total. The lowest BCUT2D eigenvalue weighted by Gasteiger charge is -2.29. The smallest absolute Gasteiger partial charge is 0.241 e. The summed E-state index contributed by atoms with van der Waals surface area (Å²) in [5, 5.41) is 6.27. The summed E-state index contributed by atoms with van der Waals surface area (Å²) < 4.78 is 6.94. The number of hydrogen-bond acceptors (Lipinski definition) is 3. The number of amides is 1. The summed E-state index contributed by atoms with van der Waals surface area (Å²) in [6.45, 7) is 3.09. The molecule has 1 aromatic rings. The minimum Gasteiger partial charge on any atom is -0.495 e. The lowest BCUT2D eigenvalue weighted by atomic mass is 9.90. The number of methoxy groups -OCH3 is 1. The Labute approximate surface area is 142 Å². The van der Waals surface area contributed by atoms with Crippen LogP contribution in [0.15, 0.2) is 21.1 Å². The van der Waals surface area contributed by atoms with Crippen LogP contribution < -0.4 is 15.4 Å². The van der Waals surface area contributed by atoms with Crippen molar-refractivity contribution in [3.8, 4) is 5.75 Å². The Morgan fingerprint density at radius 2 is 2.19 bits per heavy atom. The van der Waals surface area contributed by atoms with Gasteiger partial charge in [0.05, 0.1) is 23.3 Å². The molecule has 0 aliphatic carbocycles. The normalized spacial score (nSPS) is 21.9. The lowest BCUT2D eigenvalue weighted by Crippen LogP contribution is -2.46. The molecule has 6 heteroatoms. The average Bonchev–Trinajstić information content (AvgIpc) is 2.50. The Kier molecular flexibility index (Phi) is 6.08. The van der Waals surface area contributed by atoms with Gasteiger partial charge in [-0.15, -0.1) is 0 Å². The van der Waals surface area contributed by atoms with Crippen LogP contribution in [-0.2, 0) is 4.79 Å². The average molecular weight is 420 g/mol. The van der Waals surface area contributed by atoms with Gasteiger partial charge in [-0.1, -0.05) is 13.3 Å². The quantitative estimate of drug-likeness (QED) is 0.777. The van der Waals surface area contributed by atoms with Crippen LogP contribution in [0.5, 0.6) is 5.75 Å². The van der Waals surface area contributed by atoms with E-state index in [2.05, 4.69) is 49.4 Å². The number of hydrogen-bond donors (Lipinski definition) is 2. The van der Waals surface area contributed by atoms with Gasteiger partial charge in [0.15, 0.2) is 0 Å². The first-order valence-corrected chi connectivity index (χ1v) is 8.71. The maximum atomic E-state index is 12.4. The van der Waals surface area contributed by atoms with Crippen molar-refractivity contribution in [1.82, 2.24) is 5.32 Å². The Hall–Kier alpha value is -0.590. The molecule has 1 aliphatic heterocycles. The number of rotatable bonds is 4. The number of ether oxygens (including phenoxy) is 1. The van der Waals surface area contributed by atoms with Crippen LogP contribution in [0.2, 0.25) is 0 Å². The van der Waals surface area contributed by atoms with Crippen molar-refractivity contribution in [3.05, 3.63) is 21.1 Å². The molecule has 2 N–H and O–H groups in total. The zero-order valence-corrected chi connectivity index (χ0v) is 15.4. The second-order valence-electron chi connectivity index (χ2n) is 5.26. The Morgan fingerprint density at radius 1 is 1.43 bits per heavy atom. The van der Waals surface area contributed by atoms with E-state index in [9.17, 15) is 4.79 Å². The first-order valence-electron chi connectivity index (χ1n) is 7.12. The molecule has 1 amide bonds. The van der Waals surface area contributed by atoms with Gasteiger partial charge >= 0.3 is 0 Å². The van der Waals surface area contributed by atoms with E-state index in [1.807, 2.05) is 12.1 Å². The molecule has 0 spiro atoms. The molecule has 1 saturated heterocycles. The summed E-state index contributed by atoms with van der Waals surface area (Å²) in [5.74, 6) is 1.33. The first-order chi connectivity index (χ1) is 10.0. The van der Waals surface area contributed by atoms with Crippen LogP contribution in [0.25, 0.3) is 0 Å².